The number of rotatable bonds is 5. The number of carbonyl (C=O) groups excluding carboxylic acids is 1. The van der Waals surface area contributed by atoms with E-state index in [0.29, 0.717) is 10.2 Å². The molecule has 0 aliphatic carbocycles. The Morgan fingerprint density at radius 2 is 2.05 bits per heavy atom. The first kappa shape index (κ1) is 15.5. The predicted molar refractivity (Wildman–Crippen MR) is 84.0 cm³/mol. The summed E-state index contributed by atoms with van der Waals surface area (Å²) in [5.74, 6) is -0.196. The molecule has 2 aromatic rings. The van der Waals surface area contributed by atoms with Crippen LogP contribution in [0.1, 0.15) is 12.5 Å². The minimum atomic E-state index is -0.365. The zero-order chi connectivity index (χ0) is 15.2. The molecule has 21 heavy (non-hydrogen) atoms. The van der Waals surface area contributed by atoms with Gasteiger partial charge in [0.2, 0.25) is 0 Å². The quantitative estimate of drug-likeness (QED) is 0.877. The van der Waals surface area contributed by atoms with Gasteiger partial charge in [-0.2, -0.15) is 0 Å². The molecule has 2 rings (SSSR count). The normalized spacial score (nSPS) is 10.2. The first-order valence-electron chi connectivity index (χ1n) is 6.55. The molecule has 5 heteroatoms. The van der Waals surface area contributed by atoms with Crippen LogP contribution in [0.15, 0.2) is 46.9 Å². The maximum atomic E-state index is 13.0. The summed E-state index contributed by atoms with van der Waals surface area (Å²) in [5, 5.41) is 2.81. The first-order valence-corrected chi connectivity index (χ1v) is 7.35. The third kappa shape index (κ3) is 4.29. The Morgan fingerprint density at radius 3 is 2.76 bits per heavy atom. The minimum Gasteiger partial charge on any atom is -0.483 e. The molecule has 0 aliphatic heterocycles. The molecule has 0 bridgehead atoms. The van der Waals surface area contributed by atoms with Crippen LogP contribution in [0.25, 0.3) is 0 Å². The van der Waals surface area contributed by atoms with Crippen LogP contribution in [0, 0.1) is 5.82 Å². The van der Waals surface area contributed by atoms with Gasteiger partial charge in [0.05, 0.1) is 4.47 Å². The highest BCUT2D eigenvalue weighted by molar-refractivity contribution is 9.10. The first-order chi connectivity index (χ1) is 10.1. The van der Waals surface area contributed by atoms with Crippen LogP contribution < -0.4 is 10.1 Å². The van der Waals surface area contributed by atoms with Crippen molar-refractivity contribution in [3.63, 3.8) is 0 Å². The summed E-state index contributed by atoms with van der Waals surface area (Å²) < 4.78 is 18.8. The Hall–Kier alpha value is -1.88. The third-order valence-corrected chi connectivity index (χ3v) is 3.54. The maximum Gasteiger partial charge on any atom is 0.262 e. The van der Waals surface area contributed by atoms with E-state index in [-0.39, 0.29) is 18.3 Å². The molecule has 0 radical (unpaired) electrons. The number of carbonyl (C=O) groups is 1. The van der Waals surface area contributed by atoms with Crippen LogP contribution in [0.4, 0.5) is 10.1 Å². The van der Waals surface area contributed by atoms with Crippen molar-refractivity contribution >= 4 is 27.5 Å². The van der Waals surface area contributed by atoms with Crippen LogP contribution in [-0.4, -0.2) is 12.5 Å². The zero-order valence-corrected chi connectivity index (χ0v) is 13.1. The third-order valence-electron chi connectivity index (χ3n) is 2.93. The fraction of sp³-hybridized carbons (Fsp3) is 0.188. The summed E-state index contributed by atoms with van der Waals surface area (Å²) in [5.41, 5.74) is 1.85. The summed E-state index contributed by atoms with van der Waals surface area (Å²) in [6, 6.07) is 11.7. The van der Waals surface area contributed by atoms with Gasteiger partial charge in [0.25, 0.3) is 5.91 Å². The molecule has 0 heterocycles. The Labute approximate surface area is 131 Å². The lowest BCUT2D eigenvalue weighted by Gasteiger charge is -2.11. The van der Waals surface area contributed by atoms with E-state index in [1.807, 2.05) is 31.2 Å². The highest BCUT2D eigenvalue weighted by Crippen LogP contribution is 2.25. The lowest BCUT2D eigenvalue weighted by Crippen LogP contribution is -2.21. The maximum absolute atomic E-state index is 13.0. The van der Waals surface area contributed by atoms with Gasteiger partial charge in [-0.15, -0.1) is 0 Å². The number of halogens is 2. The van der Waals surface area contributed by atoms with Crippen molar-refractivity contribution in [3.05, 3.63) is 58.3 Å². The Morgan fingerprint density at radius 1 is 1.29 bits per heavy atom. The van der Waals surface area contributed by atoms with Crippen molar-refractivity contribution in [1.82, 2.24) is 0 Å². The molecule has 0 atom stereocenters. The fourth-order valence-corrected chi connectivity index (χ4v) is 2.34. The summed E-state index contributed by atoms with van der Waals surface area (Å²) in [4.78, 5) is 11.9. The summed E-state index contributed by atoms with van der Waals surface area (Å²) in [6.45, 7) is 1.89. The Kier molecular flexibility index (Phi) is 5.33. The standard InChI is InChI=1S/C16H15BrFNO2/c1-2-11-5-3-4-6-14(11)19-16(20)10-21-15-8-7-12(18)9-13(15)17/h3-9H,2,10H2,1H3,(H,19,20). The van der Waals surface area contributed by atoms with E-state index in [1.165, 1.54) is 18.2 Å². The molecule has 1 N–H and O–H groups in total. The summed E-state index contributed by atoms with van der Waals surface area (Å²) >= 11 is 3.19. The van der Waals surface area contributed by atoms with Crippen molar-refractivity contribution in [2.75, 3.05) is 11.9 Å². The molecule has 110 valence electrons. The largest absolute Gasteiger partial charge is 0.483 e. The van der Waals surface area contributed by atoms with Crippen molar-refractivity contribution in [1.29, 1.82) is 0 Å². The van der Waals surface area contributed by atoms with Crippen molar-refractivity contribution in [3.8, 4) is 5.75 Å². The van der Waals surface area contributed by atoms with Gasteiger partial charge >= 0.3 is 0 Å². The number of nitrogens with one attached hydrogen (secondary N) is 1. The monoisotopic (exact) mass is 351 g/mol. The van der Waals surface area contributed by atoms with Gasteiger partial charge in [-0.3, -0.25) is 4.79 Å². The molecule has 3 nitrogen and oxygen atoms in total. The van der Waals surface area contributed by atoms with E-state index in [0.717, 1.165) is 17.7 Å². The van der Waals surface area contributed by atoms with E-state index in [4.69, 9.17) is 4.74 Å². The SMILES string of the molecule is CCc1ccccc1NC(=O)COc1ccc(F)cc1Br. The van der Waals surface area contributed by atoms with Crippen molar-refractivity contribution in [2.24, 2.45) is 0 Å². The Bertz CT molecular complexity index is 646. The average molecular weight is 352 g/mol. The van der Waals surface area contributed by atoms with E-state index < -0.39 is 0 Å². The number of anilines is 1. The van der Waals surface area contributed by atoms with Crippen LogP contribution in [-0.2, 0) is 11.2 Å². The summed E-state index contributed by atoms with van der Waals surface area (Å²) in [7, 11) is 0. The molecule has 0 aromatic heterocycles. The lowest BCUT2D eigenvalue weighted by molar-refractivity contribution is -0.118. The van der Waals surface area contributed by atoms with Gasteiger partial charge in [0.15, 0.2) is 6.61 Å². The van der Waals surface area contributed by atoms with E-state index >= 15 is 0 Å². The van der Waals surface area contributed by atoms with Crippen LogP contribution in [0.3, 0.4) is 0 Å². The minimum absolute atomic E-state index is 0.137. The lowest BCUT2D eigenvalue weighted by atomic mass is 10.1. The van der Waals surface area contributed by atoms with E-state index in [9.17, 15) is 9.18 Å². The molecule has 1 amide bonds. The number of benzene rings is 2. The number of amides is 1. The average Bonchev–Trinajstić information content (AvgIpc) is 2.47. The van der Waals surface area contributed by atoms with Gasteiger partial charge in [0, 0.05) is 5.69 Å². The second-order valence-electron chi connectivity index (χ2n) is 4.42. The molecule has 0 saturated carbocycles. The number of para-hydroxylation sites is 1. The molecule has 2 aromatic carbocycles. The van der Waals surface area contributed by atoms with Crippen LogP contribution in [0.2, 0.25) is 0 Å². The topological polar surface area (TPSA) is 38.3 Å². The van der Waals surface area contributed by atoms with E-state index in [1.54, 1.807) is 0 Å². The number of ether oxygens (including phenoxy) is 1. The molecular formula is C16H15BrFNO2. The summed E-state index contributed by atoms with van der Waals surface area (Å²) in [6.07, 6.45) is 0.834. The molecule has 0 fully saturated rings. The van der Waals surface area contributed by atoms with Crippen molar-refractivity contribution < 1.29 is 13.9 Å². The van der Waals surface area contributed by atoms with Gasteiger partial charge < -0.3 is 10.1 Å². The molecule has 0 aliphatic rings. The molecular weight excluding hydrogens is 337 g/mol. The smallest absolute Gasteiger partial charge is 0.262 e. The van der Waals surface area contributed by atoms with Gasteiger partial charge in [-0.1, -0.05) is 25.1 Å². The van der Waals surface area contributed by atoms with Crippen molar-refractivity contribution in [2.45, 2.75) is 13.3 Å². The highest BCUT2D eigenvalue weighted by Gasteiger charge is 2.08. The number of hydrogen-bond acceptors (Lipinski definition) is 2. The highest BCUT2D eigenvalue weighted by atomic mass is 79.9. The van der Waals surface area contributed by atoms with Gasteiger partial charge in [-0.05, 0) is 52.2 Å². The molecule has 0 unspecified atom stereocenters. The zero-order valence-electron chi connectivity index (χ0n) is 11.5. The number of aryl methyl sites for hydroxylation is 1. The van der Waals surface area contributed by atoms with Crippen LogP contribution >= 0.6 is 15.9 Å². The second-order valence-corrected chi connectivity index (χ2v) is 5.28. The fourth-order valence-electron chi connectivity index (χ4n) is 1.87. The van der Waals surface area contributed by atoms with Crippen LogP contribution in [0.5, 0.6) is 5.75 Å². The predicted octanol–water partition coefficient (Wildman–Crippen LogP) is 4.17. The second kappa shape index (κ2) is 7.22. The van der Waals surface area contributed by atoms with E-state index in [2.05, 4.69) is 21.2 Å². The van der Waals surface area contributed by atoms with Gasteiger partial charge in [-0.25, -0.2) is 4.39 Å². The van der Waals surface area contributed by atoms with Gasteiger partial charge in [0.1, 0.15) is 11.6 Å². The number of hydrogen-bond donors (Lipinski definition) is 1. The Balaban J connectivity index is 1.96. The molecule has 0 saturated heterocycles. The molecule has 0 spiro atoms.